The fourth-order valence-electron chi connectivity index (χ4n) is 2.10. The minimum absolute atomic E-state index is 0.0660. The molecule has 2 aliphatic heterocycles. The average Bonchev–Trinajstić information content (AvgIpc) is 2.46. The number of aromatic amines is 1. The zero-order valence-corrected chi connectivity index (χ0v) is 11.8. The molecule has 0 unspecified atom stereocenters. The van der Waals surface area contributed by atoms with Gasteiger partial charge in [0, 0.05) is 11.5 Å². The summed E-state index contributed by atoms with van der Waals surface area (Å²) in [6, 6.07) is 4.05. The van der Waals surface area contributed by atoms with Crippen molar-refractivity contribution >= 4 is 11.0 Å². The predicted molar refractivity (Wildman–Crippen MR) is 77.9 cm³/mol. The van der Waals surface area contributed by atoms with Gasteiger partial charge in [-0.05, 0) is 18.6 Å². The Morgan fingerprint density at radius 3 is 2.91 bits per heavy atom. The van der Waals surface area contributed by atoms with Crippen LogP contribution in [-0.2, 0) is 0 Å². The third-order valence-electron chi connectivity index (χ3n) is 3.22. The first kappa shape index (κ1) is 14.2. The highest BCUT2D eigenvalue weighted by atomic mass is 19.1. The van der Waals surface area contributed by atoms with Gasteiger partial charge >= 0.3 is 5.69 Å². The molecule has 0 bridgehead atoms. The van der Waals surface area contributed by atoms with Gasteiger partial charge in [0.25, 0.3) is 5.56 Å². The summed E-state index contributed by atoms with van der Waals surface area (Å²) in [5.74, 6) is -0.563. The van der Waals surface area contributed by atoms with Crippen LogP contribution in [0.4, 0.5) is 4.39 Å². The molecule has 7 heteroatoms. The lowest BCUT2D eigenvalue weighted by Crippen LogP contribution is -2.24. The number of nitrogens with zero attached hydrogens (tertiary/aromatic N) is 1. The molecular formula is C15H13FN2O4. The molecule has 0 atom stereocenters. The number of benzene rings is 1. The Kier molecular flexibility index (Phi) is 3.62. The van der Waals surface area contributed by atoms with Crippen LogP contribution in [0.25, 0.3) is 22.4 Å². The lowest BCUT2D eigenvalue weighted by atomic mass is 10.1. The Morgan fingerprint density at radius 2 is 2.14 bits per heavy atom. The van der Waals surface area contributed by atoms with Crippen LogP contribution in [-0.4, -0.2) is 16.6 Å². The molecule has 2 aliphatic rings. The van der Waals surface area contributed by atoms with Gasteiger partial charge in [0.15, 0.2) is 11.6 Å². The number of nitrogens with one attached hydrogen (secondary N) is 1. The smallest absolute Gasteiger partial charge is 0.351 e. The first-order chi connectivity index (χ1) is 10.6. The molecule has 0 saturated heterocycles. The Morgan fingerprint density at radius 1 is 1.32 bits per heavy atom. The fourth-order valence-corrected chi connectivity index (χ4v) is 2.10. The predicted octanol–water partition coefficient (Wildman–Crippen LogP) is 2.30. The zero-order chi connectivity index (χ0) is 15.7. The topological polar surface area (TPSA) is 85.2 Å². The van der Waals surface area contributed by atoms with Gasteiger partial charge in [-0.25, -0.2) is 9.18 Å². The van der Waals surface area contributed by atoms with Crippen LogP contribution in [0, 0.1) is 5.82 Å². The highest BCUT2D eigenvalue weighted by molar-refractivity contribution is 5.83. The molecule has 1 aromatic carbocycles. The van der Waals surface area contributed by atoms with Crippen LogP contribution in [0.2, 0.25) is 0 Å². The minimum Gasteiger partial charge on any atom is -0.490 e. The van der Waals surface area contributed by atoms with Crippen molar-refractivity contribution in [2.75, 3.05) is 6.61 Å². The monoisotopic (exact) mass is 304 g/mol. The summed E-state index contributed by atoms with van der Waals surface area (Å²) in [5.41, 5.74) is -1.03. The van der Waals surface area contributed by atoms with Crippen molar-refractivity contribution in [3.8, 4) is 17.2 Å². The number of ether oxygens (including phenoxy) is 1. The van der Waals surface area contributed by atoms with E-state index in [4.69, 9.17) is 9.15 Å². The van der Waals surface area contributed by atoms with Crippen LogP contribution in [0.15, 0.2) is 32.2 Å². The standard InChI is InChI=1S/C15H13FN2O4/c1-2-3-4-21-12-7-11-8(6-10(12)16)5-9-13(19)17-15(20)18-14(9)22-11/h5-7H,2-4H2,1H3,(H,17,19,20). The van der Waals surface area contributed by atoms with E-state index in [9.17, 15) is 14.0 Å². The quantitative estimate of drug-likeness (QED) is 0.590. The highest BCUT2D eigenvalue weighted by Crippen LogP contribution is 2.29. The van der Waals surface area contributed by atoms with Crippen molar-refractivity contribution in [2.45, 2.75) is 19.8 Å². The number of hydrogen-bond acceptors (Lipinski definition) is 5. The third kappa shape index (κ3) is 2.57. The normalized spacial score (nSPS) is 11.2. The molecule has 0 fully saturated rings. The number of aromatic nitrogens is 2. The summed E-state index contributed by atoms with van der Waals surface area (Å²) in [4.78, 5) is 28.6. The van der Waals surface area contributed by atoms with E-state index in [0.717, 1.165) is 12.8 Å². The summed E-state index contributed by atoms with van der Waals surface area (Å²) in [6.07, 6.45) is 1.74. The molecule has 1 N–H and O–H groups in total. The van der Waals surface area contributed by atoms with Crippen molar-refractivity contribution in [3.63, 3.8) is 0 Å². The van der Waals surface area contributed by atoms with Gasteiger partial charge in [0.2, 0.25) is 5.89 Å². The number of rotatable bonds is 4. The molecule has 0 radical (unpaired) electrons. The van der Waals surface area contributed by atoms with Gasteiger partial charge in [0.05, 0.1) is 6.61 Å². The van der Waals surface area contributed by atoms with Crippen molar-refractivity contribution in [2.24, 2.45) is 0 Å². The molecule has 114 valence electrons. The van der Waals surface area contributed by atoms with Crippen molar-refractivity contribution in [1.29, 1.82) is 0 Å². The van der Waals surface area contributed by atoms with Gasteiger partial charge in [-0.2, -0.15) is 4.98 Å². The van der Waals surface area contributed by atoms with Crippen molar-refractivity contribution < 1.29 is 13.5 Å². The second kappa shape index (κ2) is 5.59. The minimum atomic E-state index is -0.790. The van der Waals surface area contributed by atoms with Gasteiger partial charge in [-0.3, -0.25) is 9.78 Å². The first-order valence-corrected chi connectivity index (χ1v) is 6.88. The van der Waals surface area contributed by atoms with Gasteiger partial charge < -0.3 is 9.15 Å². The van der Waals surface area contributed by atoms with E-state index in [1.54, 1.807) is 0 Å². The van der Waals surface area contributed by atoms with E-state index >= 15 is 0 Å². The Labute approximate surface area is 123 Å². The van der Waals surface area contributed by atoms with E-state index in [2.05, 4.69) is 4.98 Å². The molecule has 3 rings (SSSR count). The lowest BCUT2D eigenvalue weighted by Gasteiger charge is -2.09. The van der Waals surface area contributed by atoms with Gasteiger partial charge in [0.1, 0.15) is 11.1 Å². The van der Waals surface area contributed by atoms with Crippen LogP contribution in [0.3, 0.4) is 0 Å². The lowest BCUT2D eigenvalue weighted by molar-refractivity contribution is 0.294. The van der Waals surface area contributed by atoms with Crippen molar-refractivity contribution in [1.82, 2.24) is 9.97 Å². The Balaban J connectivity index is 2.15. The molecule has 0 spiro atoms. The molecule has 1 aromatic rings. The average molecular weight is 304 g/mol. The van der Waals surface area contributed by atoms with Crippen LogP contribution >= 0.6 is 0 Å². The summed E-state index contributed by atoms with van der Waals surface area (Å²) in [7, 11) is 0. The largest absolute Gasteiger partial charge is 0.490 e. The second-order valence-corrected chi connectivity index (χ2v) is 4.86. The molecule has 0 aliphatic carbocycles. The summed E-state index contributed by atoms with van der Waals surface area (Å²) in [5, 5.41) is 0.388. The highest BCUT2D eigenvalue weighted by Gasteiger charge is 2.16. The van der Waals surface area contributed by atoms with E-state index in [-0.39, 0.29) is 22.8 Å². The molecule has 6 nitrogen and oxygen atoms in total. The van der Waals surface area contributed by atoms with Crippen LogP contribution < -0.4 is 16.0 Å². The van der Waals surface area contributed by atoms with E-state index in [1.165, 1.54) is 18.2 Å². The maximum atomic E-state index is 14.0. The van der Waals surface area contributed by atoms with E-state index in [0.29, 0.717) is 12.0 Å². The molecule has 0 amide bonds. The SMILES string of the molecule is CCCCOc1cc2oc3nc(=O)[nH]c(=O)c-3cc2cc1F. The van der Waals surface area contributed by atoms with Crippen LogP contribution in [0.1, 0.15) is 19.8 Å². The van der Waals surface area contributed by atoms with Gasteiger partial charge in [-0.1, -0.05) is 13.3 Å². The molecular weight excluding hydrogens is 291 g/mol. The second-order valence-electron chi connectivity index (χ2n) is 4.86. The van der Waals surface area contributed by atoms with Crippen molar-refractivity contribution in [3.05, 3.63) is 44.9 Å². The third-order valence-corrected chi connectivity index (χ3v) is 3.22. The number of H-pyrrole nitrogens is 1. The Bertz CT molecular complexity index is 916. The maximum Gasteiger partial charge on any atom is 0.351 e. The fraction of sp³-hybridized carbons (Fsp3) is 0.267. The number of halogens is 1. The van der Waals surface area contributed by atoms with Crippen LogP contribution in [0.5, 0.6) is 5.75 Å². The molecule has 0 aromatic heterocycles. The zero-order valence-electron chi connectivity index (χ0n) is 11.8. The summed E-state index contributed by atoms with van der Waals surface area (Å²) >= 11 is 0. The number of hydrogen-bond donors (Lipinski definition) is 1. The van der Waals surface area contributed by atoms with E-state index in [1.807, 2.05) is 11.9 Å². The van der Waals surface area contributed by atoms with Gasteiger partial charge in [-0.15, -0.1) is 0 Å². The summed E-state index contributed by atoms with van der Waals surface area (Å²) in [6.45, 7) is 2.40. The Hall–Kier alpha value is -2.70. The summed E-state index contributed by atoms with van der Waals surface area (Å²) < 4.78 is 24.8. The van der Waals surface area contributed by atoms with E-state index < -0.39 is 17.1 Å². The first-order valence-electron chi connectivity index (χ1n) is 6.88. The molecule has 0 saturated carbocycles. The molecule has 22 heavy (non-hydrogen) atoms. The maximum absolute atomic E-state index is 14.0. The molecule has 2 heterocycles. The number of unbranched alkanes of at least 4 members (excludes halogenated alkanes) is 1. The number of fused-ring (bicyclic) bond motifs is 2.